The maximum absolute atomic E-state index is 14.4. The van der Waals surface area contributed by atoms with E-state index >= 15 is 0 Å². The molecule has 0 amide bonds. The Morgan fingerprint density at radius 1 is 1.32 bits per heavy atom. The van der Waals surface area contributed by atoms with E-state index in [0.717, 1.165) is 24.3 Å². The van der Waals surface area contributed by atoms with E-state index in [4.69, 9.17) is 5.73 Å². The second kappa shape index (κ2) is 6.23. The zero-order valence-electron chi connectivity index (χ0n) is 11.6. The third-order valence-corrected chi connectivity index (χ3v) is 5.13. The second-order valence-corrected chi connectivity index (χ2v) is 6.39. The molecule has 1 saturated carbocycles. The Morgan fingerprint density at radius 2 is 1.95 bits per heavy atom. The lowest BCUT2D eigenvalue weighted by Crippen LogP contribution is -2.35. The normalized spacial score (nSPS) is 23.4. The van der Waals surface area contributed by atoms with E-state index in [1.807, 2.05) is 19.2 Å². The highest BCUT2D eigenvalue weighted by Gasteiger charge is 2.24. The van der Waals surface area contributed by atoms with Gasteiger partial charge in [-0.05, 0) is 59.2 Å². The maximum atomic E-state index is 14.4. The van der Waals surface area contributed by atoms with E-state index in [1.165, 1.54) is 12.8 Å². The number of hydrogen-bond donors (Lipinski definition) is 1. The van der Waals surface area contributed by atoms with Crippen LogP contribution in [-0.2, 0) is 6.54 Å². The molecule has 0 saturated heterocycles. The molecule has 1 aromatic rings. The minimum absolute atomic E-state index is 0.191. The third kappa shape index (κ3) is 3.11. The average molecular weight is 329 g/mol. The predicted octanol–water partition coefficient (Wildman–Crippen LogP) is 4.06. The molecule has 1 aromatic carbocycles. The summed E-state index contributed by atoms with van der Waals surface area (Å²) in [4.78, 5) is 2.09. The van der Waals surface area contributed by atoms with Crippen LogP contribution in [0, 0.1) is 11.7 Å². The van der Waals surface area contributed by atoms with E-state index in [0.29, 0.717) is 22.7 Å². The summed E-state index contributed by atoms with van der Waals surface area (Å²) in [6.07, 6.45) is 4.76. The van der Waals surface area contributed by atoms with Gasteiger partial charge in [0, 0.05) is 19.6 Å². The summed E-state index contributed by atoms with van der Waals surface area (Å²) < 4.78 is 14.9. The van der Waals surface area contributed by atoms with Crippen LogP contribution in [0.5, 0.6) is 0 Å². The largest absolute Gasteiger partial charge is 0.369 e. The van der Waals surface area contributed by atoms with Gasteiger partial charge in [-0.3, -0.25) is 0 Å². The van der Waals surface area contributed by atoms with Gasteiger partial charge in [0.1, 0.15) is 0 Å². The van der Waals surface area contributed by atoms with Crippen molar-refractivity contribution in [1.29, 1.82) is 0 Å². The molecule has 4 heteroatoms. The molecule has 0 bridgehead atoms. The van der Waals surface area contributed by atoms with Gasteiger partial charge in [0.2, 0.25) is 0 Å². The molecule has 106 valence electrons. The van der Waals surface area contributed by atoms with Crippen molar-refractivity contribution in [2.45, 2.75) is 45.2 Å². The minimum Gasteiger partial charge on any atom is -0.369 e. The fourth-order valence-electron chi connectivity index (χ4n) is 2.84. The van der Waals surface area contributed by atoms with Crippen LogP contribution in [0.2, 0.25) is 0 Å². The molecule has 0 radical (unpaired) electrons. The van der Waals surface area contributed by atoms with E-state index in [2.05, 4.69) is 27.8 Å². The summed E-state index contributed by atoms with van der Waals surface area (Å²) in [5, 5.41) is 0. The maximum Gasteiger partial charge on any atom is 0.160 e. The number of hydrogen-bond acceptors (Lipinski definition) is 2. The second-order valence-electron chi connectivity index (χ2n) is 5.60. The first-order valence-corrected chi connectivity index (χ1v) is 7.73. The summed E-state index contributed by atoms with van der Waals surface area (Å²) in [6, 6.07) is 4.20. The molecule has 0 aliphatic heterocycles. The van der Waals surface area contributed by atoms with Crippen molar-refractivity contribution >= 4 is 21.6 Å². The highest BCUT2D eigenvalue weighted by Crippen LogP contribution is 2.33. The quantitative estimate of drug-likeness (QED) is 0.906. The highest BCUT2D eigenvalue weighted by atomic mass is 79.9. The van der Waals surface area contributed by atoms with Gasteiger partial charge >= 0.3 is 0 Å². The number of nitrogens with two attached hydrogens (primary N) is 1. The minimum atomic E-state index is -0.191. The summed E-state index contributed by atoms with van der Waals surface area (Å²) in [7, 11) is 1.99. The molecule has 2 N–H and O–H groups in total. The molecular weight excluding hydrogens is 307 g/mol. The van der Waals surface area contributed by atoms with Crippen molar-refractivity contribution in [3.05, 3.63) is 28.0 Å². The van der Waals surface area contributed by atoms with Crippen molar-refractivity contribution in [2.24, 2.45) is 11.7 Å². The first-order chi connectivity index (χ1) is 9.04. The standard InChI is InChI=1S/C15H22BrFN2/c1-10-3-6-12(7-4-10)19(2)13-8-5-11(9-18)14(16)15(13)17/h5,8,10,12H,3-4,6-7,9,18H2,1-2H3. The van der Waals surface area contributed by atoms with Crippen LogP contribution < -0.4 is 10.6 Å². The number of anilines is 1. The van der Waals surface area contributed by atoms with Crippen molar-refractivity contribution in [3.8, 4) is 0 Å². The van der Waals surface area contributed by atoms with Crippen molar-refractivity contribution in [1.82, 2.24) is 0 Å². The van der Waals surface area contributed by atoms with Crippen molar-refractivity contribution in [3.63, 3.8) is 0 Å². The monoisotopic (exact) mass is 328 g/mol. The van der Waals surface area contributed by atoms with Crippen LogP contribution in [0.4, 0.5) is 10.1 Å². The van der Waals surface area contributed by atoms with E-state index in [9.17, 15) is 4.39 Å². The zero-order chi connectivity index (χ0) is 14.0. The van der Waals surface area contributed by atoms with Gasteiger partial charge in [0.05, 0.1) is 10.2 Å². The van der Waals surface area contributed by atoms with E-state index in [1.54, 1.807) is 0 Å². The molecule has 19 heavy (non-hydrogen) atoms. The third-order valence-electron chi connectivity index (χ3n) is 4.27. The SMILES string of the molecule is CC1CCC(N(C)c2ccc(CN)c(Br)c2F)CC1. The molecule has 0 atom stereocenters. The van der Waals surface area contributed by atoms with Gasteiger partial charge in [-0.2, -0.15) is 0 Å². The topological polar surface area (TPSA) is 29.3 Å². The Hall–Kier alpha value is -0.610. The predicted molar refractivity (Wildman–Crippen MR) is 81.8 cm³/mol. The van der Waals surface area contributed by atoms with Gasteiger partial charge in [0.25, 0.3) is 0 Å². The first kappa shape index (κ1) is 14.8. The van der Waals surface area contributed by atoms with Crippen LogP contribution in [0.1, 0.15) is 38.2 Å². The summed E-state index contributed by atoms with van der Waals surface area (Å²) >= 11 is 3.31. The van der Waals surface area contributed by atoms with Crippen LogP contribution in [0.25, 0.3) is 0 Å². The Bertz CT molecular complexity index is 442. The van der Waals surface area contributed by atoms with Gasteiger partial charge in [-0.25, -0.2) is 4.39 Å². The molecule has 0 heterocycles. The number of benzene rings is 1. The lowest BCUT2D eigenvalue weighted by molar-refractivity contribution is 0.339. The molecule has 1 fully saturated rings. The van der Waals surface area contributed by atoms with Crippen LogP contribution in [-0.4, -0.2) is 13.1 Å². The Balaban J connectivity index is 2.19. The zero-order valence-corrected chi connectivity index (χ0v) is 13.2. The Morgan fingerprint density at radius 3 is 2.53 bits per heavy atom. The molecule has 0 unspecified atom stereocenters. The first-order valence-electron chi connectivity index (χ1n) is 6.94. The summed E-state index contributed by atoms with van der Waals surface area (Å²) in [6.45, 7) is 2.64. The van der Waals surface area contributed by atoms with Gasteiger partial charge in [-0.15, -0.1) is 0 Å². The average Bonchev–Trinajstić information content (AvgIpc) is 2.42. The van der Waals surface area contributed by atoms with Crippen LogP contribution in [0.3, 0.4) is 0 Å². The van der Waals surface area contributed by atoms with Crippen molar-refractivity contribution < 1.29 is 4.39 Å². The Labute approximate surface area is 123 Å². The lowest BCUT2D eigenvalue weighted by Gasteiger charge is -2.35. The molecule has 1 aliphatic rings. The lowest BCUT2D eigenvalue weighted by atomic mass is 9.86. The van der Waals surface area contributed by atoms with Gasteiger partial charge in [-0.1, -0.05) is 13.0 Å². The molecule has 2 rings (SSSR count). The van der Waals surface area contributed by atoms with Gasteiger partial charge in [0.15, 0.2) is 5.82 Å². The van der Waals surface area contributed by atoms with Gasteiger partial charge < -0.3 is 10.6 Å². The fraction of sp³-hybridized carbons (Fsp3) is 0.600. The van der Waals surface area contributed by atoms with Crippen LogP contribution >= 0.6 is 15.9 Å². The van der Waals surface area contributed by atoms with E-state index in [-0.39, 0.29) is 5.82 Å². The van der Waals surface area contributed by atoms with Crippen molar-refractivity contribution in [2.75, 3.05) is 11.9 Å². The fourth-order valence-corrected chi connectivity index (χ4v) is 3.33. The number of rotatable bonds is 3. The van der Waals surface area contributed by atoms with Crippen LogP contribution in [0.15, 0.2) is 16.6 Å². The molecule has 2 nitrogen and oxygen atoms in total. The number of halogens is 2. The molecular formula is C15H22BrFN2. The summed E-state index contributed by atoms with van der Waals surface area (Å²) in [5.74, 6) is 0.616. The Kier molecular flexibility index (Phi) is 4.85. The molecule has 0 spiro atoms. The van der Waals surface area contributed by atoms with E-state index < -0.39 is 0 Å². The highest BCUT2D eigenvalue weighted by molar-refractivity contribution is 9.10. The molecule has 1 aliphatic carbocycles. The molecule has 0 aromatic heterocycles. The number of nitrogens with zero attached hydrogens (tertiary/aromatic N) is 1. The summed E-state index contributed by atoms with van der Waals surface area (Å²) in [5.41, 5.74) is 7.08. The smallest absolute Gasteiger partial charge is 0.160 e.